The number of fused-ring (bicyclic) bond motifs is 1. The molecule has 0 aromatic heterocycles. The number of nitrogens with zero attached hydrogens (tertiary/aromatic N) is 1. The van der Waals surface area contributed by atoms with Crippen LogP contribution in [0.2, 0.25) is 0 Å². The number of para-hydroxylation sites is 1. The first kappa shape index (κ1) is 18.9. The van der Waals surface area contributed by atoms with Gasteiger partial charge in [-0.15, -0.1) is 0 Å². The zero-order valence-electron chi connectivity index (χ0n) is 15.1. The summed E-state index contributed by atoms with van der Waals surface area (Å²) in [6, 6.07) is 20.6. The van der Waals surface area contributed by atoms with Gasteiger partial charge in [0, 0.05) is 4.47 Å². The van der Waals surface area contributed by atoms with Crippen molar-refractivity contribution in [3.63, 3.8) is 0 Å². The maximum atomic E-state index is 12.9. The van der Waals surface area contributed by atoms with Crippen molar-refractivity contribution in [2.24, 2.45) is 0 Å². The Kier molecular flexibility index (Phi) is 5.14. The van der Waals surface area contributed by atoms with Crippen molar-refractivity contribution in [2.45, 2.75) is 0 Å². The van der Waals surface area contributed by atoms with Gasteiger partial charge in [0.1, 0.15) is 5.75 Å². The Morgan fingerprint density at radius 2 is 1.62 bits per heavy atom. The minimum Gasteiger partial charge on any atom is -0.484 e. The zero-order valence-corrected chi connectivity index (χ0v) is 16.7. The van der Waals surface area contributed by atoms with Gasteiger partial charge in [-0.25, -0.2) is 4.90 Å². The van der Waals surface area contributed by atoms with E-state index in [4.69, 9.17) is 4.74 Å². The Hall–Kier alpha value is -3.45. The molecule has 7 heteroatoms. The fourth-order valence-electron chi connectivity index (χ4n) is 3.07. The van der Waals surface area contributed by atoms with Crippen molar-refractivity contribution in [1.29, 1.82) is 0 Å². The summed E-state index contributed by atoms with van der Waals surface area (Å²) in [4.78, 5) is 39.1. The molecule has 0 unspecified atom stereocenters. The van der Waals surface area contributed by atoms with Crippen molar-refractivity contribution >= 4 is 45.0 Å². The van der Waals surface area contributed by atoms with Crippen LogP contribution >= 0.6 is 15.9 Å². The third-order valence-electron chi connectivity index (χ3n) is 4.39. The second kappa shape index (κ2) is 7.89. The van der Waals surface area contributed by atoms with Crippen LogP contribution in [-0.2, 0) is 4.79 Å². The number of amides is 3. The Morgan fingerprint density at radius 1 is 0.897 bits per heavy atom. The molecular weight excluding hydrogens is 436 g/mol. The Bertz CT molecular complexity index is 1100. The number of benzene rings is 3. The van der Waals surface area contributed by atoms with E-state index in [1.807, 2.05) is 0 Å². The molecule has 3 aromatic carbocycles. The van der Waals surface area contributed by atoms with E-state index in [1.54, 1.807) is 72.8 Å². The molecule has 0 radical (unpaired) electrons. The lowest BCUT2D eigenvalue weighted by Crippen LogP contribution is -2.29. The number of anilines is 2. The van der Waals surface area contributed by atoms with Gasteiger partial charge in [0.15, 0.2) is 6.61 Å². The Morgan fingerprint density at radius 3 is 2.34 bits per heavy atom. The topological polar surface area (TPSA) is 75.7 Å². The minimum absolute atomic E-state index is 0.179. The van der Waals surface area contributed by atoms with Crippen LogP contribution < -0.4 is 15.0 Å². The molecule has 0 atom stereocenters. The monoisotopic (exact) mass is 450 g/mol. The second-order valence-electron chi connectivity index (χ2n) is 6.30. The van der Waals surface area contributed by atoms with Gasteiger partial charge in [-0.2, -0.15) is 0 Å². The first-order chi connectivity index (χ1) is 14.0. The summed E-state index contributed by atoms with van der Waals surface area (Å²) in [5, 5.41) is 2.67. The largest absolute Gasteiger partial charge is 0.484 e. The summed E-state index contributed by atoms with van der Waals surface area (Å²) in [5.74, 6) is -0.776. The average molecular weight is 451 g/mol. The third-order valence-corrected chi connectivity index (χ3v) is 4.92. The highest BCUT2D eigenvalue weighted by atomic mass is 79.9. The zero-order chi connectivity index (χ0) is 20.4. The molecule has 0 bridgehead atoms. The normalized spacial score (nSPS) is 12.7. The van der Waals surface area contributed by atoms with Gasteiger partial charge >= 0.3 is 0 Å². The number of rotatable bonds is 5. The molecule has 0 saturated carbocycles. The predicted octanol–water partition coefficient (Wildman–Crippen LogP) is 4.27. The number of imide groups is 1. The van der Waals surface area contributed by atoms with E-state index in [0.717, 1.165) is 9.37 Å². The number of carbonyl (C=O) groups excluding carboxylic acids is 3. The molecule has 0 saturated heterocycles. The minimum atomic E-state index is -0.471. The molecule has 0 aliphatic carbocycles. The summed E-state index contributed by atoms with van der Waals surface area (Å²) in [6.07, 6.45) is 0. The number of ether oxygens (including phenoxy) is 1. The number of hydrogen-bond acceptors (Lipinski definition) is 4. The standard InChI is InChI=1S/C22H15BrN2O4/c23-14-9-11-16(12-10-14)29-13-19(26)24-18-8-4-7-17-20(18)22(28)25(21(17)27)15-5-2-1-3-6-15/h1-12H,13H2,(H,24,26). The van der Waals surface area contributed by atoms with E-state index in [0.29, 0.717) is 11.4 Å². The van der Waals surface area contributed by atoms with Crippen LogP contribution in [-0.4, -0.2) is 24.3 Å². The highest BCUT2D eigenvalue weighted by molar-refractivity contribution is 9.10. The molecule has 144 valence electrons. The van der Waals surface area contributed by atoms with E-state index >= 15 is 0 Å². The van der Waals surface area contributed by atoms with Crippen molar-refractivity contribution in [1.82, 2.24) is 0 Å². The van der Waals surface area contributed by atoms with E-state index in [-0.39, 0.29) is 23.4 Å². The molecule has 1 aliphatic rings. The van der Waals surface area contributed by atoms with Crippen molar-refractivity contribution in [2.75, 3.05) is 16.8 Å². The lowest BCUT2D eigenvalue weighted by molar-refractivity contribution is -0.118. The van der Waals surface area contributed by atoms with Crippen molar-refractivity contribution < 1.29 is 19.1 Å². The fourth-order valence-corrected chi connectivity index (χ4v) is 3.33. The quantitative estimate of drug-likeness (QED) is 0.588. The highest BCUT2D eigenvalue weighted by Gasteiger charge is 2.38. The van der Waals surface area contributed by atoms with Crippen LogP contribution in [0.15, 0.2) is 77.3 Å². The smallest absolute Gasteiger partial charge is 0.268 e. The van der Waals surface area contributed by atoms with Gasteiger partial charge in [-0.1, -0.05) is 40.2 Å². The molecule has 1 N–H and O–H groups in total. The summed E-state index contributed by atoms with van der Waals surface area (Å²) in [6.45, 7) is -0.226. The first-order valence-corrected chi connectivity index (χ1v) is 9.59. The summed E-state index contributed by atoms with van der Waals surface area (Å²) >= 11 is 3.33. The predicted molar refractivity (Wildman–Crippen MR) is 112 cm³/mol. The Balaban J connectivity index is 1.52. The Labute approximate surface area is 175 Å². The van der Waals surface area contributed by atoms with Gasteiger partial charge < -0.3 is 10.1 Å². The molecule has 1 heterocycles. The van der Waals surface area contributed by atoms with Gasteiger partial charge in [-0.3, -0.25) is 14.4 Å². The van der Waals surface area contributed by atoms with Crippen molar-refractivity contribution in [3.05, 3.63) is 88.4 Å². The molecule has 0 fully saturated rings. The van der Waals surface area contributed by atoms with Crippen LogP contribution in [0.1, 0.15) is 20.7 Å². The molecule has 29 heavy (non-hydrogen) atoms. The fraction of sp³-hybridized carbons (Fsp3) is 0.0455. The maximum Gasteiger partial charge on any atom is 0.268 e. The lowest BCUT2D eigenvalue weighted by atomic mass is 10.1. The van der Waals surface area contributed by atoms with E-state index < -0.39 is 17.7 Å². The number of halogens is 1. The van der Waals surface area contributed by atoms with Crippen LogP contribution in [0.25, 0.3) is 0 Å². The van der Waals surface area contributed by atoms with Crippen LogP contribution in [0.4, 0.5) is 11.4 Å². The number of carbonyl (C=O) groups is 3. The third kappa shape index (κ3) is 3.77. The van der Waals surface area contributed by atoms with E-state index in [9.17, 15) is 14.4 Å². The maximum absolute atomic E-state index is 12.9. The van der Waals surface area contributed by atoms with Crippen molar-refractivity contribution in [3.8, 4) is 5.75 Å². The summed E-state index contributed by atoms with van der Waals surface area (Å²) < 4.78 is 6.36. The first-order valence-electron chi connectivity index (χ1n) is 8.79. The molecular formula is C22H15BrN2O4. The number of hydrogen-bond donors (Lipinski definition) is 1. The molecule has 1 aliphatic heterocycles. The van der Waals surface area contributed by atoms with Gasteiger partial charge in [-0.05, 0) is 48.5 Å². The molecule has 3 amide bonds. The van der Waals surface area contributed by atoms with Gasteiger partial charge in [0.05, 0.1) is 22.5 Å². The molecule has 0 spiro atoms. The molecule has 3 aromatic rings. The number of nitrogens with one attached hydrogen (secondary N) is 1. The van der Waals surface area contributed by atoms with Crippen LogP contribution in [0.3, 0.4) is 0 Å². The molecule has 4 rings (SSSR count). The van der Waals surface area contributed by atoms with Gasteiger partial charge in [0.25, 0.3) is 17.7 Å². The summed E-state index contributed by atoms with van der Waals surface area (Å²) in [7, 11) is 0. The average Bonchev–Trinajstić information content (AvgIpc) is 2.99. The lowest BCUT2D eigenvalue weighted by Gasteiger charge is -2.14. The second-order valence-corrected chi connectivity index (χ2v) is 7.22. The SMILES string of the molecule is O=C(COc1ccc(Br)cc1)Nc1cccc2c1C(=O)N(c1ccccc1)C2=O. The molecule has 6 nitrogen and oxygen atoms in total. The van der Waals surface area contributed by atoms with E-state index in [2.05, 4.69) is 21.2 Å². The van der Waals surface area contributed by atoms with Crippen LogP contribution in [0, 0.1) is 0 Å². The highest BCUT2D eigenvalue weighted by Crippen LogP contribution is 2.32. The van der Waals surface area contributed by atoms with Crippen LogP contribution in [0.5, 0.6) is 5.75 Å². The summed E-state index contributed by atoms with van der Waals surface area (Å²) in [5.41, 5.74) is 1.20. The van der Waals surface area contributed by atoms with E-state index in [1.165, 1.54) is 0 Å². The van der Waals surface area contributed by atoms with Gasteiger partial charge in [0.2, 0.25) is 0 Å².